The van der Waals surface area contributed by atoms with Crippen LogP contribution in [0.2, 0.25) is 0 Å². The number of hydrogen-bond acceptors (Lipinski definition) is 3. The molecule has 2 aromatic rings. The summed E-state index contributed by atoms with van der Waals surface area (Å²) in [6.07, 6.45) is 0.179. The quantitative estimate of drug-likeness (QED) is 0.730. The Morgan fingerprint density at radius 3 is 2.58 bits per heavy atom. The first-order valence-electron chi connectivity index (χ1n) is 8.02. The van der Waals surface area contributed by atoms with Crippen LogP contribution < -0.4 is 11.1 Å². The number of nitrogens with one attached hydrogen (secondary N) is 1. The van der Waals surface area contributed by atoms with Crippen molar-refractivity contribution in [2.45, 2.75) is 25.2 Å². The molecule has 1 amide bonds. The molecule has 1 aliphatic heterocycles. The number of nitrogens with zero attached hydrogens (tertiary/aromatic N) is 1. The van der Waals surface area contributed by atoms with Gasteiger partial charge >= 0.3 is 0 Å². The van der Waals surface area contributed by atoms with E-state index in [-0.39, 0.29) is 11.8 Å². The maximum Gasteiger partial charge on any atom is 0.230 e. The number of nitrogens with two attached hydrogens (primary N) is 1. The average Bonchev–Trinajstić information content (AvgIpc) is 2.58. The molecule has 1 aliphatic rings. The fourth-order valence-electron chi connectivity index (χ4n) is 3.37. The van der Waals surface area contributed by atoms with Crippen LogP contribution in [-0.2, 0) is 16.8 Å². The Hall–Kier alpha value is -1.44. The molecule has 4 nitrogen and oxygen atoms in total. The summed E-state index contributed by atoms with van der Waals surface area (Å²) < 4.78 is 1.14. The molecule has 0 bridgehead atoms. The topological polar surface area (TPSA) is 58.4 Å². The van der Waals surface area contributed by atoms with Crippen molar-refractivity contribution >= 4 is 28.5 Å². The predicted molar refractivity (Wildman–Crippen MR) is 104 cm³/mol. The molecule has 3 atom stereocenters. The van der Waals surface area contributed by atoms with E-state index < -0.39 is 11.8 Å². The molecule has 3 rings (SSSR count). The number of amides is 1. The van der Waals surface area contributed by atoms with Crippen LogP contribution in [0.5, 0.6) is 0 Å². The first-order valence-corrected chi connectivity index (χ1v) is 9.09. The van der Waals surface area contributed by atoms with Crippen LogP contribution in [-0.4, -0.2) is 24.1 Å². The van der Waals surface area contributed by atoms with Gasteiger partial charge in [-0.3, -0.25) is 15.8 Å². The highest BCUT2D eigenvalue weighted by atomic mass is 127. The molecule has 1 saturated heterocycles. The SMILES string of the molecule is CN1C(=O)[C@H](Cc2ccccc2)[C@@](C)(c2cccc(I)c2)NC1N. The molecule has 3 N–H and O–H groups in total. The zero-order valence-corrected chi connectivity index (χ0v) is 16.0. The molecule has 0 saturated carbocycles. The van der Waals surface area contributed by atoms with Gasteiger partial charge in [0, 0.05) is 10.6 Å². The average molecular weight is 435 g/mol. The van der Waals surface area contributed by atoms with E-state index in [1.54, 1.807) is 11.9 Å². The molecule has 0 radical (unpaired) electrons. The molecular formula is C19H22IN3O. The summed E-state index contributed by atoms with van der Waals surface area (Å²) in [6, 6.07) is 18.4. The maximum absolute atomic E-state index is 13.0. The predicted octanol–water partition coefficient (Wildman–Crippen LogP) is 2.67. The minimum absolute atomic E-state index is 0.0754. The van der Waals surface area contributed by atoms with Crippen molar-refractivity contribution in [3.05, 3.63) is 69.3 Å². The van der Waals surface area contributed by atoms with Gasteiger partial charge < -0.3 is 4.90 Å². The number of halogens is 1. The lowest BCUT2D eigenvalue weighted by molar-refractivity contribution is -0.146. The third-order valence-corrected chi connectivity index (χ3v) is 5.59. The first-order chi connectivity index (χ1) is 11.4. The molecule has 0 aromatic heterocycles. The lowest BCUT2D eigenvalue weighted by atomic mass is 9.74. The van der Waals surface area contributed by atoms with E-state index in [9.17, 15) is 4.79 Å². The summed E-state index contributed by atoms with van der Waals surface area (Å²) >= 11 is 2.30. The van der Waals surface area contributed by atoms with Crippen LogP contribution in [0.4, 0.5) is 0 Å². The second-order valence-electron chi connectivity index (χ2n) is 6.49. The van der Waals surface area contributed by atoms with Crippen molar-refractivity contribution in [1.82, 2.24) is 10.2 Å². The van der Waals surface area contributed by atoms with Crippen LogP contribution in [0, 0.1) is 9.49 Å². The minimum atomic E-state index is -0.514. The molecule has 0 spiro atoms. The van der Waals surface area contributed by atoms with Crippen LogP contribution in [0.15, 0.2) is 54.6 Å². The van der Waals surface area contributed by atoms with Gasteiger partial charge in [-0.2, -0.15) is 0 Å². The fraction of sp³-hybridized carbons (Fsp3) is 0.316. The van der Waals surface area contributed by atoms with Gasteiger partial charge in [0.05, 0.1) is 11.5 Å². The summed E-state index contributed by atoms with van der Waals surface area (Å²) in [5.41, 5.74) is 7.89. The second-order valence-corrected chi connectivity index (χ2v) is 7.74. The Balaban J connectivity index is 2.04. The van der Waals surface area contributed by atoms with E-state index in [0.717, 1.165) is 14.7 Å². The number of carbonyl (C=O) groups is 1. The lowest BCUT2D eigenvalue weighted by Gasteiger charge is -2.48. The summed E-state index contributed by atoms with van der Waals surface area (Å²) in [6.45, 7) is 2.08. The Bertz CT molecular complexity index is 736. The number of benzene rings is 2. The van der Waals surface area contributed by atoms with Gasteiger partial charge in [0.15, 0.2) is 0 Å². The van der Waals surface area contributed by atoms with E-state index >= 15 is 0 Å². The molecule has 2 aromatic carbocycles. The molecule has 0 aliphatic carbocycles. The van der Waals surface area contributed by atoms with Gasteiger partial charge in [-0.25, -0.2) is 0 Å². The van der Waals surface area contributed by atoms with Crippen molar-refractivity contribution in [1.29, 1.82) is 0 Å². The molecule has 126 valence electrons. The summed E-state index contributed by atoms with van der Waals surface area (Å²) in [5.74, 6) is -0.144. The number of rotatable bonds is 3. The molecule has 1 heterocycles. The normalized spacial score (nSPS) is 27.3. The van der Waals surface area contributed by atoms with Crippen molar-refractivity contribution < 1.29 is 4.79 Å². The van der Waals surface area contributed by atoms with Crippen molar-refractivity contribution in [3.8, 4) is 0 Å². The summed E-state index contributed by atoms with van der Waals surface area (Å²) in [7, 11) is 1.76. The highest BCUT2D eigenvalue weighted by molar-refractivity contribution is 14.1. The third kappa shape index (κ3) is 3.20. The van der Waals surface area contributed by atoms with Crippen LogP contribution >= 0.6 is 22.6 Å². The Morgan fingerprint density at radius 1 is 1.21 bits per heavy atom. The molecule has 24 heavy (non-hydrogen) atoms. The minimum Gasteiger partial charge on any atom is -0.317 e. The van der Waals surface area contributed by atoms with Crippen molar-refractivity contribution in [2.75, 3.05) is 7.05 Å². The largest absolute Gasteiger partial charge is 0.317 e. The van der Waals surface area contributed by atoms with Crippen molar-refractivity contribution in [3.63, 3.8) is 0 Å². The van der Waals surface area contributed by atoms with Gasteiger partial charge in [-0.15, -0.1) is 0 Å². The van der Waals surface area contributed by atoms with Gasteiger partial charge in [-0.1, -0.05) is 42.5 Å². The standard InChI is InChI=1S/C19H22IN3O/c1-19(14-9-6-10-15(20)12-14)16(11-13-7-4-3-5-8-13)17(24)23(2)18(21)22-19/h3-10,12,16,18,22H,11,21H2,1-2H3/t16-,18?,19+/m0/s1. The monoisotopic (exact) mass is 435 g/mol. The maximum atomic E-state index is 13.0. The van der Waals surface area contributed by atoms with E-state index in [4.69, 9.17) is 5.73 Å². The van der Waals surface area contributed by atoms with Gasteiger partial charge in [0.2, 0.25) is 5.91 Å². The zero-order chi connectivity index (χ0) is 17.3. The summed E-state index contributed by atoms with van der Waals surface area (Å²) in [4.78, 5) is 14.6. The van der Waals surface area contributed by atoms with E-state index in [2.05, 4.69) is 65.2 Å². The van der Waals surface area contributed by atoms with E-state index in [1.807, 2.05) is 24.3 Å². The molecule has 1 fully saturated rings. The van der Waals surface area contributed by atoms with Gasteiger partial charge in [0.25, 0.3) is 0 Å². The van der Waals surface area contributed by atoms with Crippen LogP contribution in [0.25, 0.3) is 0 Å². The number of hydrogen-bond donors (Lipinski definition) is 2. The van der Waals surface area contributed by atoms with Crippen LogP contribution in [0.1, 0.15) is 18.1 Å². The molecule has 5 heteroatoms. The highest BCUT2D eigenvalue weighted by Crippen LogP contribution is 2.37. The fourth-order valence-corrected chi connectivity index (χ4v) is 3.91. The Kier molecular flexibility index (Phi) is 4.94. The Morgan fingerprint density at radius 2 is 1.92 bits per heavy atom. The Labute approximate surface area is 156 Å². The molecular weight excluding hydrogens is 413 g/mol. The second kappa shape index (κ2) is 6.82. The lowest BCUT2D eigenvalue weighted by Crippen LogP contribution is -2.69. The molecule has 1 unspecified atom stereocenters. The first kappa shape index (κ1) is 17.4. The zero-order valence-electron chi connectivity index (χ0n) is 13.9. The van der Waals surface area contributed by atoms with E-state index in [0.29, 0.717) is 6.42 Å². The third-order valence-electron chi connectivity index (χ3n) is 4.91. The van der Waals surface area contributed by atoms with Gasteiger partial charge in [-0.05, 0) is 59.2 Å². The highest BCUT2D eigenvalue weighted by Gasteiger charge is 2.47. The number of carbonyl (C=O) groups excluding carboxylic acids is 1. The van der Waals surface area contributed by atoms with Gasteiger partial charge in [0.1, 0.15) is 6.29 Å². The van der Waals surface area contributed by atoms with E-state index in [1.165, 1.54) is 0 Å². The smallest absolute Gasteiger partial charge is 0.230 e. The van der Waals surface area contributed by atoms with Crippen molar-refractivity contribution in [2.24, 2.45) is 11.7 Å². The summed E-state index contributed by atoms with van der Waals surface area (Å²) in [5, 5.41) is 3.47. The van der Waals surface area contributed by atoms with Crippen LogP contribution in [0.3, 0.4) is 0 Å².